The van der Waals surface area contributed by atoms with E-state index in [4.69, 9.17) is 0 Å². The van der Waals surface area contributed by atoms with E-state index in [0.717, 1.165) is 16.3 Å². The minimum atomic E-state index is -4.50. The summed E-state index contributed by atoms with van der Waals surface area (Å²) < 4.78 is 42.0. The molecule has 110 valence electrons. The number of hydrogen-bond donors (Lipinski definition) is 0. The Morgan fingerprint density at radius 1 is 1.24 bits per heavy atom. The monoisotopic (exact) mass is 295 g/mol. The molecule has 3 aromatic heterocycles. The number of rotatable bonds is 2. The third kappa shape index (κ3) is 2.16. The molecule has 3 aromatic rings. The first-order chi connectivity index (χ1) is 9.91. The second kappa shape index (κ2) is 4.57. The van der Waals surface area contributed by atoms with Crippen LogP contribution in [0.5, 0.6) is 0 Å². The lowest BCUT2D eigenvalue weighted by atomic mass is 10.1. The molecule has 3 heterocycles. The molecule has 5 nitrogen and oxygen atoms in total. The van der Waals surface area contributed by atoms with Crippen LogP contribution in [-0.4, -0.2) is 24.4 Å². The Morgan fingerprint density at radius 3 is 2.62 bits per heavy atom. The third-order valence-corrected chi connectivity index (χ3v) is 3.33. The molecule has 0 aliphatic carbocycles. The van der Waals surface area contributed by atoms with Crippen molar-refractivity contribution in [2.45, 2.75) is 26.6 Å². The Balaban J connectivity index is 2.26. The number of aromatic nitrogens is 5. The standard InChI is InChI=1S/C13H12F3N5/c1-3-20-8(2)9(7-18-20)10-6-11(13(14,15)16)21-12(19-10)4-5-17-21/h4-7H,3H2,1-2H3. The van der Waals surface area contributed by atoms with E-state index in [0.29, 0.717) is 12.1 Å². The second-order valence-electron chi connectivity index (χ2n) is 4.59. The summed E-state index contributed by atoms with van der Waals surface area (Å²) in [5, 5.41) is 7.82. The van der Waals surface area contributed by atoms with E-state index in [1.165, 1.54) is 18.5 Å². The van der Waals surface area contributed by atoms with E-state index in [9.17, 15) is 13.2 Å². The molecule has 0 fully saturated rings. The summed E-state index contributed by atoms with van der Waals surface area (Å²) in [6.45, 7) is 4.37. The molecule has 3 rings (SSSR count). The highest BCUT2D eigenvalue weighted by molar-refractivity contribution is 5.64. The molecule has 0 saturated heterocycles. The van der Waals surface area contributed by atoms with Crippen molar-refractivity contribution in [3.8, 4) is 11.3 Å². The summed E-state index contributed by atoms with van der Waals surface area (Å²) in [5.41, 5.74) is 0.917. The van der Waals surface area contributed by atoms with Gasteiger partial charge >= 0.3 is 6.18 Å². The Bertz CT molecular complexity index is 800. The van der Waals surface area contributed by atoms with E-state index in [2.05, 4.69) is 15.2 Å². The Labute approximate surface area is 118 Å². The maximum absolute atomic E-state index is 13.2. The van der Waals surface area contributed by atoms with Gasteiger partial charge < -0.3 is 0 Å². The fourth-order valence-corrected chi connectivity index (χ4v) is 2.27. The van der Waals surface area contributed by atoms with Gasteiger partial charge in [0.1, 0.15) is 0 Å². The summed E-state index contributed by atoms with van der Waals surface area (Å²) >= 11 is 0. The van der Waals surface area contributed by atoms with Gasteiger partial charge in [0.15, 0.2) is 11.3 Å². The fourth-order valence-electron chi connectivity index (χ4n) is 2.27. The Morgan fingerprint density at radius 2 is 2.00 bits per heavy atom. The normalized spacial score (nSPS) is 12.2. The van der Waals surface area contributed by atoms with Crippen molar-refractivity contribution < 1.29 is 13.2 Å². The van der Waals surface area contributed by atoms with Gasteiger partial charge in [-0.05, 0) is 19.9 Å². The quantitative estimate of drug-likeness (QED) is 0.730. The van der Waals surface area contributed by atoms with Gasteiger partial charge in [0.25, 0.3) is 0 Å². The number of aryl methyl sites for hydroxylation is 1. The molecular formula is C13H12F3N5. The molecule has 0 N–H and O–H groups in total. The molecule has 0 aromatic carbocycles. The third-order valence-electron chi connectivity index (χ3n) is 3.33. The van der Waals surface area contributed by atoms with E-state index in [1.807, 2.05) is 6.92 Å². The van der Waals surface area contributed by atoms with Gasteiger partial charge in [-0.15, -0.1) is 0 Å². The van der Waals surface area contributed by atoms with Gasteiger partial charge in [0.2, 0.25) is 0 Å². The summed E-state index contributed by atoms with van der Waals surface area (Å²) in [6.07, 6.45) is -1.67. The van der Waals surface area contributed by atoms with Crippen LogP contribution in [-0.2, 0) is 12.7 Å². The lowest BCUT2D eigenvalue weighted by Crippen LogP contribution is -2.13. The average Bonchev–Trinajstić information content (AvgIpc) is 3.02. The maximum Gasteiger partial charge on any atom is 0.433 e. The minimum absolute atomic E-state index is 0.156. The van der Waals surface area contributed by atoms with E-state index < -0.39 is 11.9 Å². The maximum atomic E-state index is 13.2. The van der Waals surface area contributed by atoms with Crippen LogP contribution in [0, 0.1) is 6.92 Å². The van der Waals surface area contributed by atoms with Crippen molar-refractivity contribution in [2.75, 3.05) is 0 Å². The molecule has 8 heteroatoms. The number of nitrogens with zero attached hydrogens (tertiary/aromatic N) is 5. The summed E-state index contributed by atoms with van der Waals surface area (Å²) in [4.78, 5) is 4.24. The first-order valence-electron chi connectivity index (χ1n) is 6.36. The van der Waals surface area contributed by atoms with Crippen LogP contribution >= 0.6 is 0 Å². The zero-order chi connectivity index (χ0) is 15.2. The van der Waals surface area contributed by atoms with Crippen LogP contribution < -0.4 is 0 Å². The SMILES string of the molecule is CCn1ncc(-c2cc(C(F)(F)F)n3nccc3n2)c1C. The molecule has 0 amide bonds. The van der Waals surface area contributed by atoms with Gasteiger partial charge in [0.05, 0.1) is 18.1 Å². The predicted molar refractivity (Wildman–Crippen MR) is 69.6 cm³/mol. The smallest absolute Gasteiger partial charge is 0.269 e. The lowest BCUT2D eigenvalue weighted by molar-refractivity contribution is -0.142. The van der Waals surface area contributed by atoms with Crippen molar-refractivity contribution in [1.29, 1.82) is 0 Å². The van der Waals surface area contributed by atoms with Gasteiger partial charge in [0, 0.05) is 23.9 Å². The van der Waals surface area contributed by atoms with Gasteiger partial charge in [-0.1, -0.05) is 0 Å². The molecular weight excluding hydrogens is 283 g/mol. The topological polar surface area (TPSA) is 48.0 Å². The summed E-state index contributed by atoms with van der Waals surface area (Å²) in [7, 11) is 0. The number of halogens is 3. The minimum Gasteiger partial charge on any atom is -0.269 e. The summed E-state index contributed by atoms with van der Waals surface area (Å²) in [6, 6.07) is 2.45. The molecule has 0 bridgehead atoms. The second-order valence-corrected chi connectivity index (χ2v) is 4.59. The van der Waals surface area contributed by atoms with Crippen LogP contribution in [0.3, 0.4) is 0 Å². The number of hydrogen-bond acceptors (Lipinski definition) is 3. The Hall–Kier alpha value is -2.38. The van der Waals surface area contributed by atoms with Gasteiger partial charge in [-0.3, -0.25) is 4.68 Å². The van der Waals surface area contributed by atoms with Crippen molar-refractivity contribution >= 4 is 5.65 Å². The highest BCUT2D eigenvalue weighted by atomic mass is 19.4. The van der Waals surface area contributed by atoms with Gasteiger partial charge in [-0.2, -0.15) is 23.4 Å². The highest BCUT2D eigenvalue weighted by Gasteiger charge is 2.35. The number of fused-ring (bicyclic) bond motifs is 1. The van der Waals surface area contributed by atoms with Crippen LogP contribution in [0.2, 0.25) is 0 Å². The van der Waals surface area contributed by atoms with Crippen molar-refractivity contribution in [3.63, 3.8) is 0 Å². The molecule has 0 unspecified atom stereocenters. The molecule has 0 atom stereocenters. The molecule has 0 spiro atoms. The zero-order valence-electron chi connectivity index (χ0n) is 11.4. The number of alkyl halides is 3. The van der Waals surface area contributed by atoms with E-state index in [-0.39, 0.29) is 11.3 Å². The molecule has 0 aliphatic heterocycles. The summed E-state index contributed by atoms with van der Waals surface area (Å²) in [5.74, 6) is 0. The largest absolute Gasteiger partial charge is 0.433 e. The van der Waals surface area contributed by atoms with Crippen molar-refractivity contribution in [2.24, 2.45) is 0 Å². The van der Waals surface area contributed by atoms with Gasteiger partial charge in [-0.25, -0.2) is 9.50 Å². The average molecular weight is 295 g/mol. The first kappa shape index (κ1) is 13.6. The van der Waals surface area contributed by atoms with E-state index in [1.54, 1.807) is 11.6 Å². The van der Waals surface area contributed by atoms with Crippen LogP contribution in [0.1, 0.15) is 18.3 Å². The Kier molecular flexibility index (Phi) is 2.96. The molecule has 0 aliphatic rings. The molecule has 0 radical (unpaired) electrons. The molecule has 21 heavy (non-hydrogen) atoms. The predicted octanol–water partition coefficient (Wildman–Crippen LogP) is 2.94. The highest BCUT2D eigenvalue weighted by Crippen LogP contribution is 2.32. The van der Waals surface area contributed by atoms with Crippen LogP contribution in [0.4, 0.5) is 13.2 Å². The zero-order valence-corrected chi connectivity index (χ0v) is 11.4. The van der Waals surface area contributed by atoms with Crippen LogP contribution in [0.25, 0.3) is 16.9 Å². The molecule has 0 saturated carbocycles. The van der Waals surface area contributed by atoms with E-state index >= 15 is 0 Å². The first-order valence-corrected chi connectivity index (χ1v) is 6.36. The fraction of sp³-hybridized carbons (Fsp3) is 0.308. The van der Waals surface area contributed by atoms with Crippen LogP contribution in [0.15, 0.2) is 24.5 Å². The lowest BCUT2D eigenvalue weighted by Gasteiger charge is -2.10. The van der Waals surface area contributed by atoms with Crippen molar-refractivity contribution in [3.05, 3.63) is 35.9 Å². The van der Waals surface area contributed by atoms with Crippen molar-refractivity contribution in [1.82, 2.24) is 24.4 Å².